The Labute approximate surface area is 231 Å². The zero-order valence-corrected chi connectivity index (χ0v) is 22.1. The molecule has 2 aliphatic heterocycles. The van der Waals surface area contributed by atoms with Crippen LogP contribution < -0.4 is 5.32 Å². The van der Waals surface area contributed by atoms with E-state index in [9.17, 15) is 19.8 Å². The third kappa shape index (κ3) is 4.72. The fraction of sp³-hybridized carbons (Fsp3) is 0.267. The third-order valence-corrected chi connectivity index (χ3v) is 7.61. The summed E-state index contributed by atoms with van der Waals surface area (Å²) in [7, 11) is 0. The van der Waals surface area contributed by atoms with E-state index in [1.54, 1.807) is 22.2 Å². The Balaban J connectivity index is 1.28. The van der Waals surface area contributed by atoms with Gasteiger partial charge in [-0.1, -0.05) is 30.3 Å². The van der Waals surface area contributed by atoms with E-state index in [1.165, 1.54) is 6.92 Å². The number of hydrogen-bond donors (Lipinski definition) is 4. The Hall–Kier alpha value is -4.54. The number of aromatic amines is 1. The van der Waals surface area contributed by atoms with Gasteiger partial charge in [0.25, 0.3) is 5.91 Å². The SMILES string of the molecule is CC(O)C(=O)N1CC=C(c2cc3c(-c4ccnc(NC(=O)N5Cc6ccccc6C5)c4CO)ccnc3[nH]2)CC1. The molecule has 4 aromatic rings. The summed E-state index contributed by atoms with van der Waals surface area (Å²) in [5, 5.41) is 23.8. The van der Waals surface area contributed by atoms with E-state index in [4.69, 9.17) is 0 Å². The molecule has 10 heteroatoms. The van der Waals surface area contributed by atoms with Crippen molar-refractivity contribution in [3.05, 3.63) is 83.3 Å². The number of nitrogens with one attached hydrogen (secondary N) is 2. The Kier molecular flexibility index (Phi) is 6.79. The average molecular weight is 539 g/mol. The lowest BCUT2D eigenvalue weighted by molar-refractivity contribution is -0.138. The highest BCUT2D eigenvalue weighted by molar-refractivity contribution is 5.98. The van der Waals surface area contributed by atoms with Crippen molar-refractivity contribution in [1.29, 1.82) is 0 Å². The molecule has 0 fully saturated rings. The standard InChI is InChI=1S/C30H30N6O4/c1-18(38)29(39)35-12-8-19(9-13-35)26-14-24-22(6-10-31-27(24)33-26)23-7-11-32-28(25(23)17-37)34-30(40)36-15-20-4-2-3-5-21(20)16-36/h2-8,10-11,14,18,37-38H,9,12-13,15-17H2,1H3,(H,31,33)(H,32,34,40). The van der Waals surface area contributed by atoms with E-state index in [0.717, 1.165) is 38.9 Å². The van der Waals surface area contributed by atoms with Crippen LogP contribution in [0, 0.1) is 0 Å². The second-order valence-corrected chi connectivity index (χ2v) is 10.1. The van der Waals surface area contributed by atoms with E-state index in [2.05, 4.69) is 20.3 Å². The van der Waals surface area contributed by atoms with Gasteiger partial charge in [-0.05, 0) is 59.4 Å². The summed E-state index contributed by atoms with van der Waals surface area (Å²) in [6.07, 6.45) is 4.95. The first-order valence-electron chi connectivity index (χ1n) is 13.3. The number of benzene rings is 1. The molecule has 0 spiro atoms. The number of H-pyrrole nitrogens is 1. The molecule has 40 heavy (non-hydrogen) atoms. The van der Waals surface area contributed by atoms with E-state index in [-0.39, 0.29) is 18.5 Å². The fourth-order valence-electron chi connectivity index (χ4n) is 5.48. The average Bonchev–Trinajstić information content (AvgIpc) is 3.61. The predicted molar refractivity (Wildman–Crippen MR) is 151 cm³/mol. The molecule has 4 N–H and O–H groups in total. The largest absolute Gasteiger partial charge is 0.392 e. The van der Waals surface area contributed by atoms with Gasteiger partial charge >= 0.3 is 6.03 Å². The number of anilines is 1. The van der Waals surface area contributed by atoms with Gasteiger partial charge in [-0.25, -0.2) is 14.8 Å². The first kappa shape index (κ1) is 25.7. The van der Waals surface area contributed by atoms with Crippen LogP contribution in [0.25, 0.3) is 27.7 Å². The summed E-state index contributed by atoms with van der Waals surface area (Å²) >= 11 is 0. The lowest BCUT2D eigenvalue weighted by Crippen LogP contribution is -2.40. The number of aliphatic hydroxyl groups excluding tert-OH is 2. The Bertz CT molecular complexity index is 1620. The van der Waals surface area contributed by atoms with Crippen LogP contribution in [-0.4, -0.2) is 66.1 Å². The first-order valence-corrected chi connectivity index (χ1v) is 13.3. The number of hydrogen-bond acceptors (Lipinski definition) is 6. The summed E-state index contributed by atoms with van der Waals surface area (Å²) in [5.74, 6) is 0.0434. The Morgan fingerprint density at radius 3 is 2.45 bits per heavy atom. The van der Waals surface area contributed by atoms with Crippen molar-refractivity contribution in [3.63, 3.8) is 0 Å². The number of carbonyl (C=O) groups excluding carboxylic acids is 2. The number of pyridine rings is 2. The maximum atomic E-state index is 13.1. The number of carbonyl (C=O) groups is 2. The van der Waals surface area contributed by atoms with Crippen molar-refractivity contribution in [2.24, 2.45) is 0 Å². The summed E-state index contributed by atoms with van der Waals surface area (Å²) < 4.78 is 0. The minimum Gasteiger partial charge on any atom is -0.392 e. The molecule has 3 amide bonds. The molecule has 0 aliphatic carbocycles. The first-order chi connectivity index (χ1) is 19.4. The number of rotatable bonds is 5. The molecule has 204 valence electrons. The molecule has 2 aliphatic rings. The lowest BCUT2D eigenvalue weighted by atomic mass is 9.98. The van der Waals surface area contributed by atoms with Gasteiger partial charge < -0.3 is 25.0 Å². The van der Waals surface area contributed by atoms with Crippen LogP contribution in [0.5, 0.6) is 0 Å². The van der Waals surface area contributed by atoms with Crippen molar-refractivity contribution in [2.75, 3.05) is 18.4 Å². The van der Waals surface area contributed by atoms with Crippen molar-refractivity contribution in [1.82, 2.24) is 24.8 Å². The molecule has 0 bridgehead atoms. The highest BCUT2D eigenvalue weighted by Gasteiger charge is 2.25. The number of amides is 3. The predicted octanol–water partition coefficient (Wildman–Crippen LogP) is 3.66. The van der Waals surface area contributed by atoms with Gasteiger partial charge in [-0.15, -0.1) is 0 Å². The van der Waals surface area contributed by atoms with Crippen molar-refractivity contribution in [3.8, 4) is 11.1 Å². The van der Waals surface area contributed by atoms with Crippen LogP contribution in [0.2, 0.25) is 0 Å². The normalized spacial score (nSPS) is 15.6. The van der Waals surface area contributed by atoms with Crippen LogP contribution in [0.15, 0.2) is 60.9 Å². The van der Waals surface area contributed by atoms with Gasteiger partial charge in [-0.3, -0.25) is 10.1 Å². The van der Waals surface area contributed by atoms with Gasteiger partial charge in [0.2, 0.25) is 0 Å². The topological polar surface area (TPSA) is 135 Å². The van der Waals surface area contributed by atoms with Gasteiger partial charge in [-0.2, -0.15) is 0 Å². The van der Waals surface area contributed by atoms with E-state index in [1.807, 2.05) is 48.5 Å². The van der Waals surface area contributed by atoms with Crippen LogP contribution >= 0.6 is 0 Å². The summed E-state index contributed by atoms with van der Waals surface area (Å²) in [6.45, 7) is 3.17. The molecule has 1 unspecified atom stereocenters. The number of aliphatic hydroxyl groups is 2. The molecule has 3 aromatic heterocycles. The minimum absolute atomic E-state index is 0.272. The molecule has 1 aromatic carbocycles. The maximum Gasteiger partial charge on any atom is 0.323 e. The van der Waals surface area contributed by atoms with Crippen LogP contribution in [0.1, 0.15) is 35.7 Å². The Morgan fingerprint density at radius 1 is 1.05 bits per heavy atom. The van der Waals surface area contributed by atoms with E-state index in [0.29, 0.717) is 49.6 Å². The summed E-state index contributed by atoms with van der Waals surface area (Å²) in [5.41, 5.74) is 7.03. The van der Waals surface area contributed by atoms with E-state index >= 15 is 0 Å². The number of aromatic nitrogens is 3. The molecule has 10 nitrogen and oxygen atoms in total. The minimum atomic E-state index is -1.02. The highest BCUT2D eigenvalue weighted by atomic mass is 16.3. The lowest BCUT2D eigenvalue weighted by Gasteiger charge is -2.27. The van der Waals surface area contributed by atoms with Gasteiger partial charge in [0, 0.05) is 55.2 Å². The van der Waals surface area contributed by atoms with Crippen molar-refractivity contribution >= 4 is 34.4 Å². The van der Waals surface area contributed by atoms with Gasteiger partial charge in [0.15, 0.2) is 0 Å². The molecule has 0 saturated heterocycles. The Morgan fingerprint density at radius 2 is 1.77 bits per heavy atom. The zero-order chi connectivity index (χ0) is 27.8. The second kappa shape index (κ2) is 10.6. The highest BCUT2D eigenvalue weighted by Crippen LogP contribution is 2.35. The van der Waals surface area contributed by atoms with Crippen LogP contribution in [0.4, 0.5) is 10.6 Å². The summed E-state index contributed by atoms with van der Waals surface area (Å²) in [6, 6.07) is 13.4. The smallest absolute Gasteiger partial charge is 0.323 e. The molecular formula is C30H30N6O4. The number of nitrogens with zero attached hydrogens (tertiary/aromatic N) is 4. The molecule has 5 heterocycles. The van der Waals surface area contributed by atoms with Crippen molar-refractivity contribution in [2.45, 2.75) is 39.1 Å². The van der Waals surface area contributed by atoms with E-state index < -0.39 is 6.10 Å². The molecule has 1 atom stereocenters. The zero-order valence-electron chi connectivity index (χ0n) is 22.1. The maximum absolute atomic E-state index is 13.1. The fourth-order valence-corrected chi connectivity index (χ4v) is 5.48. The van der Waals surface area contributed by atoms with Crippen molar-refractivity contribution < 1.29 is 19.8 Å². The molecule has 6 rings (SSSR count). The summed E-state index contributed by atoms with van der Waals surface area (Å²) in [4.78, 5) is 40.9. The number of urea groups is 1. The molecular weight excluding hydrogens is 508 g/mol. The molecule has 0 saturated carbocycles. The van der Waals surface area contributed by atoms with Crippen LogP contribution in [-0.2, 0) is 24.5 Å². The monoisotopic (exact) mass is 538 g/mol. The van der Waals surface area contributed by atoms with Crippen LogP contribution in [0.3, 0.4) is 0 Å². The molecule has 0 radical (unpaired) electrons. The second-order valence-electron chi connectivity index (χ2n) is 10.1. The number of fused-ring (bicyclic) bond motifs is 2. The quantitative estimate of drug-likeness (QED) is 0.306. The van der Waals surface area contributed by atoms with Gasteiger partial charge in [0.1, 0.15) is 17.6 Å². The third-order valence-electron chi connectivity index (χ3n) is 7.61. The van der Waals surface area contributed by atoms with Gasteiger partial charge in [0.05, 0.1) is 6.61 Å².